The van der Waals surface area contributed by atoms with Gasteiger partial charge in [-0.25, -0.2) is 15.0 Å². The summed E-state index contributed by atoms with van der Waals surface area (Å²) in [5.74, 6) is 2.48. The second kappa shape index (κ2) is 14.6. The molecule has 0 bridgehead atoms. The fourth-order valence-corrected chi connectivity index (χ4v) is 8.76. The van der Waals surface area contributed by atoms with Gasteiger partial charge in [0, 0.05) is 49.4 Å². The van der Waals surface area contributed by atoms with Crippen LogP contribution in [-0.2, 0) is 0 Å². The number of hydrogen-bond acceptors (Lipinski definition) is 5. The van der Waals surface area contributed by atoms with Gasteiger partial charge in [-0.1, -0.05) is 170 Å². The van der Waals surface area contributed by atoms with Crippen LogP contribution >= 0.6 is 0 Å². The van der Waals surface area contributed by atoms with Crippen LogP contribution in [0.1, 0.15) is 0 Å². The van der Waals surface area contributed by atoms with Gasteiger partial charge < -0.3 is 0 Å². The number of rotatable bonds is 7. The maximum Gasteiger partial charge on any atom is 0.238 e. The molecule has 0 aliphatic carbocycles. The highest BCUT2D eigenvalue weighted by Crippen LogP contribution is 2.41. The van der Waals surface area contributed by atoms with Gasteiger partial charge in [0.15, 0.2) is 11.6 Å². The van der Waals surface area contributed by atoms with Gasteiger partial charge in [0.1, 0.15) is 5.82 Å². The van der Waals surface area contributed by atoms with Crippen molar-refractivity contribution in [2.75, 3.05) is 0 Å². The van der Waals surface area contributed by atoms with Gasteiger partial charge >= 0.3 is 0 Å². The number of aromatic nitrogens is 7. The van der Waals surface area contributed by atoms with Crippen LogP contribution in [0.4, 0.5) is 0 Å². The summed E-state index contributed by atoms with van der Waals surface area (Å²) < 4.78 is 4.52. The van der Waals surface area contributed by atoms with Gasteiger partial charge in [-0.2, -0.15) is 9.97 Å². The molecule has 0 N–H and O–H groups in total. The Morgan fingerprint density at radius 2 is 0.726 bits per heavy atom. The normalized spacial score (nSPS) is 11.5. The van der Waals surface area contributed by atoms with Gasteiger partial charge in [-0.15, -0.1) is 0 Å². The van der Waals surface area contributed by atoms with E-state index in [2.05, 4.69) is 149 Å². The van der Waals surface area contributed by atoms with Crippen molar-refractivity contribution in [2.45, 2.75) is 0 Å². The lowest BCUT2D eigenvalue weighted by atomic mass is 10.1. The standard InChI is InChI=1S/C55H35N7/c1-4-17-36(18-5-1)45-27-15-28-47(56-45)39-23-14-24-40(35-39)54-58-53(38-21-8-3-9-22-38)59-55(60-54)62-49-31-13-11-26-42(49)44-34-33-43-41-25-10-12-30-48(41)61(51(43)52(44)62)50-32-16-29-46(57-50)37-19-6-2-7-20-37/h1-35H. The summed E-state index contributed by atoms with van der Waals surface area (Å²) in [5.41, 5.74) is 11.6. The van der Waals surface area contributed by atoms with Crippen molar-refractivity contribution in [3.8, 4) is 68.3 Å². The van der Waals surface area contributed by atoms with Crippen molar-refractivity contribution in [1.29, 1.82) is 0 Å². The molecule has 0 fully saturated rings. The van der Waals surface area contributed by atoms with Crippen LogP contribution in [0.25, 0.3) is 112 Å². The number of fused-ring (bicyclic) bond motifs is 7. The topological polar surface area (TPSA) is 74.3 Å². The molecule has 0 radical (unpaired) electrons. The molecular weight excluding hydrogens is 759 g/mol. The van der Waals surface area contributed by atoms with Crippen LogP contribution in [0.15, 0.2) is 212 Å². The lowest BCUT2D eigenvalue weighted by Gasteiger charge is -2.14. The zero-order chi connectivity index (χ0) is 41.0. The van der Waals surface area contributed by atoms with Crippen molar-refractivity contribution in [2.24, 2.45) is 0 Å². The first-order valence-corrected chi connectivity index (χ1v) is 20.7. The summed E-state index contributed by atoms with van der Waals surface area (Å²) in [4.78, 5) is 26.3. The Labute approximate surface area is 356 Å². The predicted molar refractivity (Wildman–Crippen MR) is 251 cm³/mol. The van der Waals surface area contributed by atoms with E-state index in [0.29, 0.717) is 17.6 Å². The Hall–Kier alpha value is -8.55. The molecule has 0 amide bonds. The first-order valence-electron chi connectivity index (χ1n) is 20.7. The Kier molecular flexibility index (Phi) is 8.35. The van der Waals surface area contributed by atoms with E-state index in [-0.39, 0.29) is 0 Å². The quantitative estimate of drug-likeness (QED) is 0.161. The largest absolute Gasteiger partial charge is 0.292 e. The molecule has 0 spiro atoms. The maximum absolute atomic E-state index is 5.38. The third-order valence-corrected chi connectivity index (χ3v) is 11.6. The Bertz CT molecular complexity index is 3630. The minimum absolute atomic E-state index is 0.518. The smallest absolute Gasteiger partial charge is 0.238 e. The Balaban J connectivity index is 1.13. The van der Waals surface area contributed by atoms with E-state index in [1.807, 2.05) is 72.8 Å². The highest BCUT2D eigenvalue weighted by atomic mass is 15.2. The maximum atomic E-state index is 5.38. The van der Waals surface area contributed by atoms with Crippen LogP contribution in [0.5, 0.6) is 0 Å². The van der Waals surface area contributed by atoms with Gasteiger partial charge in [0.2, 0.25) is 5.95 Å². The molecule has 7 heteroatoms. The van der Waals surface area contributed by atoms with Crippen LogP contribution in [-0.4, -0.2) is 34.1 Å². The number of benzene rings is 7. The van der Waals surface area contributed by atoms with Crippen molar-refractivity contribution in [1.82, 2.24) is 34.1 Å². The van der Waals surface area contributed by atoms with Gasteiger partial charge in [0.05, 0.1) is 39.1 Å². The summed E-state index contributed by atoms with van der Waals surface area (Å²) in [6.07, 6.45) is 0. The molecule has 12 rings (SSSR count). The highest BCUT2D eigenvalue weighted by Gasteiger charge is 2.24. The first kappa shape index (κ1) is 35.4. The molecule has 0 unspecified atom stereocenters. The summed E-state index contributed by atoms with van der Waals surface area (Å²) >= 11 is 0. The third kappa shape index (κ3) is 5.94. The molecule has 0 aliphatic heterocycles. The number of para-hydroxylation sites is 2. The molecule has 62 heavy (non-hydrogen) atoms. The highest BCUT2D eigenvalue weighted by molar-refractivity contribution is 6.23. The van der Waals surface area contributed by atoms with E-state index in [1.165, 1.54) is 0 Å². The van der Waals surface area contributed by atoms with E-state index < -0.39 is 0 Å². The third-order valence-electron chi connectivity index (χ3n) is 11.6. The lowest BCUT2D eigenvalue weighted by molar-refractivity contribution is 0.952. The molecule has 7 nitrogen and oxygen atoms in total. The van der Waals surface area contributed by atoms with Crippen LogP contribution in [0, 0.1) is 0 Å². The van der Waals surface area contributed by atoms with E-state index >= 15 is 0 Å². The summed E-state index contributed by atoms with van der Waals surface area (Å²) in [6.45, 7) is 0. The second-order valence-electron chi connectivity index (χ2n) is 15.3. The number of pyridine rings is 2. The zero-order valence-corrected chi connectivity index (χ0v) is 33.3. The van der Waals surface area contributed by atoms with Crippen LogP contribution in [0.2, 0.25) is 0 Å². The van der Waals surface area contributed by atoms with E-state index in [9.17, 15) is 0 Å². The van der Waals surface area contributed by atoms with Crippen LogP contribution in [0.3, 0.4) is 0 Å². The van der Waals surface area contributed by atoms with Crippen molar-refractivity contribution in [3.63, 3.8) is 0 Å². The fourth-order valence-electron chi connectivity index (χ4n) is 8.76. The summed E-state index contributed by atoms with van der Waals surface area (Å²) in [5, 5.41) is 4.43. The lowest BCUT2D eigenvalue weighted by Crippen LogP contribution is -2.07. The van der Waals surface area contributed by atoms with Crippen LogP contribution < -0.4 is 0 Å². The molecule has 0 saturated carbocycles. The molecule has 0 aliphatic rings. The molecule has 5 heterocycles. The fraction of sp³-hybridized carbons (Fsp3) is 0. The summed E-state index contributed by atoms with van der Waals surface area (Å²) in [6, 6.07) is 73.0. The second-order valence-corrected chi connectivity index (χ2v) is 15.3. The minimum Gasteiger partial charge on any atom is -0.292 e. The van der Waals surface area contributed by atoms with Crippen molar-refractivity contribution >= 4 is 43.6 Å². The Morgan fingerprint density at radius 1 is 0.274 bits per heavy atom. The molecule has 12 aromatic rings. The average Bonchev–Trinajstić information content (AvgIpc) is 3.88. The molecule has 5 aromatic heterocycles. The SMILES string of the molecule is c1ccc(-c2cccc(-c3cccc(-c4nc(-c5ccccc5)nc(-n5c6ccccc6c6ccc7c8ccccc8n(-c8cccc(-c9ccccc9)n8)c7c65)n4)c3)n2)cc1. The predicted octanol–water partition coefficient (Wildman–Crippen LogP) is 13.2. The van der Waals surface area contributed by atoms with E-state index in [0.717, 1.165) is 94.3 Å². The van der Waals surface area contributed by atoms with Gasteiger partial charge in [0.25, 0.3) is 0 Å². The van der Waals surface area contributed by atoms with Crippen molar-refractivity contribution < 1.29 is 0 Å². The monoisotopic (exact) mass is 793 g/mol. The van der Waals surface area contributed by atoms with Gasteiger partial charge in [-0.3, -0.25) is 9.13 Å². The number of hydrogen-bond donors (Lipinski definition) is 0. The van der Waals surface area contributed by atoms with E-state index in [1.54, 1.807) is 0 Å². The molecular formula is C55H35N7. The summed E-state index contributed by atoms with van der Waals surface area (Å²) in [7, 11) is 0. The van der Waals surface area contributed by atoms with Crippen molar-refractivity contribution in [3.05, 3.63) is 212 Å². The Morgan fingerprint density at radius 3 is 1.37 bits per heavy atom. The molecule has 0 saturated heterocycles. The zero-order valence-electron chi connectivity index (χ0n) is 33.3. The average molecular weight is 794 g/mol. The first-order chi connectivity index (χ1) is 30.7. The molecule has 0 atom stereocenters. The molecule has 7 aromatic carbocycles. The number of nitrogens with zero attached hydrogens (tertiary/aromatic N) is 7. The minimum atomic E-state index is 0.518. The molecule has 290 valence electrons. The van der Waals surface area contributed by atoms with Gasteiger partial charge in [-0.05, 0) is 42.5 Å². The van der Waals surface area contributed by atoms with E-state index in [4.69, 9.17) is 24.9 Å².